The lowest BCUT2D eigenvalue weighted by Gasteiger charge is -2.04. The number of benzene rings is 1. The van der Waals surface area contributed by atoms with E-state index in [1.807, 2.05) is 0 Å². The summed E-state index contributed by atoms with van der Waals surface area (Å²) in [6, 6.07) is 6.48. The number of rotatable bonds is 2. The van der Waals surface area contributed by atoms with Crippen molar-refractivity contribution >= 4 is 22.4 Å². The van der Waals surface area contributed by atoms with E-state index in [0.717, 1.165) is 10.8 Å². The summed E-state index contributed by atoms with van der Waals surface area (Å²) in [7, 11) is 0. The quantitative estimate of drug-likeness (QED) is 0.839. The third-order valence-corrected chi connectivity index (χ3v) is 3.16. The van der Waals surface area contributed by atoms with E-state index in [2.05, 4.69) is 38.3 Å². The Morgan fingerprint density at radius 2 is 2.13 bits per heavy atom. The molecule has 0 spiro atoms. The summed E-state index contributed by atoms with van der Waals surface area (Å²) < 4.78 is 3.71. The number of aromatic nitrogens is 3. The molecule has 1 aromatic carbocycles. The molecule has 1 aliphatic carbocycles. The van der Waals surface area contributed by atoms with Crippen LogP contribution in [0.15, 0.2) is 18.2 Å². The Balaban J connectivity index is 1.87. The average Bonchev–Trinajstić information content (AvgIpc) is 2.87. The highest BCUT2D eigenvalue weighted by molar-refractivity contribution is 7.09. The summed E-state index contributed by atoms with van der Waals surface area (Å²) in [4.78, 5) is 0. The first-order valence-electron chi connectivity index (χ1n) is 4.96. The number of nitrogens with one attached hydrogen (secondary N) is 1. The van der Waals surface area contributed by atoms with E-state index < -0.39 is 0 Å². The van der Waals surface area contributed by atoms with Crippen LogP contribution in [-0.2, 0) is 12.8 Å². The van der Waals surface area contributed by atoms with Crippen LogP contribution < -0.4 is 5.32 Å². The van der Waals surface area contributed by atoms with Crippen LogP contribution >= 0.6 is 11.5 Å². The molecule has 2 aromatic rings. The lowest BCUT2D eigenvalue weighted by atomic mass is 10.1. The zero-order valence-corrected chi connectivity index (χ0v) is 8.92. The van der Waals surface area contributed by atoms with Gasteiger partial charge >= 0.3 is 0 Å². The van der Waals surface area contributed by atoms with Crippen molar-refractivity contribution in [1.82, 2.24) is 14.8 Å². The first kappa shape index (κ1) is 8.79. The van der Waals surface area contributed by atoms with Gasteiger partial charge in [-0.25, -0.2) is 0 Å². The molecule has 5 heteroatoms. The molecule has 0 unspecified atom stereocenters. The fraction of sp³-hybridized carbons (Fsp3) is 0.300. The van der Waals surface area contributed by atoms with E-state index in [-0.39, 0.29) is 0 Å². The number of nitrogens with zero attached hydrogens (tertiary/aromatic N) is 3. The Labute approximate surface area is 91.5 Å². The zero-order chi connectivity index (χ0) is 10.1. The van der Waals surface area contributed by atoms with E-state index in [0.29, 0.717) is 0 Å². The van der Waals surface area contributed by atoms with Crippen molar-refractivity contribution in [3.8, 4) is 0 Å². The van der Waals surface area contributed by atoms with E-state index in [1.165, 1.54) is 41.9 Å². The van der Waals surface area contributed by atoms with Crippen molar-refractivity contribution in [2.75, 3.05) is 5.32 Å². The van der Waals surface area contributed by atoms with Gasteiger partial charge in [0.25, 0.3) is 0 Å². The van der Waals surface area contributed by atoms with Gasteiger partial charge in [-0.15, -0.1) is 0 Å². The largest absolute Gasteiger partial charge is 0.329 e. The normalized spacial score (nSPS) is 13.9. The number of hydrogen-bond donors (Lipinski definition) is 1. The monoisotopic (exact) mass is 218 g/mol. The van der Waals surface area contributed by atoms with Crippen molar-refractivity contribution in [2.45, 2.75) is 19.3 Å². The van der Waals surface area contributed by atoms with Crippen molar-refractivity contribution in [3.05, 3.63) is 29.3 Å². The molecule has 0 aliphatic heterocycles. The van der Waals surface area contributed by atoms with Crippen LogP contribution in [0.3, 0.4) is 0 Å². The topological polar surface area (TPSA) is 50.7 Å². The molecule has 3 rings (SSSR count). The highest BCUT2D eigenvalue weighted by atomic mass is 32.1. The van der Waals surface area contributed by atoms with Crippen molar-refractivity contribution in [2.24, 2.45) is 0 Å². The minimum Gasteiger partial charge on any atom is -0.329 e. The first-order valence-corrected chi connectivity index (χ1v) is 5.73. The molecular formula is C10H10N4S. The molecule has 0 saturated heterocycles. The molecule has 4 nitrogen and oxygen atoms in total. The number of anilines is 2. The Kier molecular flexibility index (Phi) is 2.10. The van der Waals surface area contributed by atoms with E-state index in [4.69, 9.17) is 0 Å². The van der Waals surface area contributed by atoms with Gasteiger partial charge in [0.1, 0.15) is 0 Å². The SMILES string of the molecule is c1cc2c(cc1Nc1nnns1)CCC2. The van der Waals surface area contributed by atoms with Gasteiger partial charge in [0, 0.05) is 17.2 Å². The van der Waals surface area contributed by atoms with Gasteiger partial charge in [-0.3, -0.25) is 0 Å². The van der Waals surface area contributed by atoms with Crippen LogP contribution in [0.1, 0.15) is 17.5 Å². The maximum atomic E-state index is 3.85. The van der Waals surface area contributed by atoms with Crippen LogP contribution in [0.2, 0.25) is 0 Å². The number of fused-ring (bicyclic) bond motifs is 1. The third kappa shape index (κ3) is 1.70. The van der Waals surface area contributed by atoms with Crippen molar-refractivity contribution in [1.29, 1.82) is 0 Å². The van der Waals surface area contributed by atoms with E-state index in [1.54, 1.807) is 0 Å². The van der Waals surface area contributed by atoms with Gasteiger partial charge in [-0.1, -0.05) is 15.7 Å². The van der Waals surface area contributed by atoms with Crippen LogP contribution in [0.25, 0.3) is 0 Å². The smallest absolute Gasteiger partial charge is 0.229 e. The molecule has 1 aliphatic rings. The Hall–Kier alpha value is -1.49. The van der Waals surface area contributed by atoms with Gasteiger partial charge in [0.05, 0.1) is 0 Å². The molecule has 1 aromatic heterocycles. The van der Waals surface area contributed by atoms with Gasteiger partial charge in [-0.2, -0.15) is 0 Å². The second-order valence-electron chi connectivity index (χ2n) is 3.63. The van der Waals surface area contributed by atoms with Crippen LogP contribution in [0, 0.1) is 0 Å². The molecule has 0 bridgehead atoms. The lowest BCUT2D eigenvalue weighted by molar-refractivity contribution is 0.912. The highest BCUT2D eigenvalue weighted by Crippen LogP contribution is 2.26. The molecule has 1 heterocycles. The number of aryl methyl sites for hydroxylation is 2. The van der Waals surface area contributed by atoms with Gasteiger partial charge in [0.2, 0.25) is 5.13 Å². The second kappa shape index (κ2) is 3.58. The van der Waals surface area contributed by atoms with Crippen molar-refractivity contribution in [3.63, 3.8) is 0 Å². The summed E-state index contributed by atoms with van der Waals surface area (Å²) in [5.41, 5.74) is 4.02. The molecule has 0 radical (unpaired) electrons. The van der Waals surface area contributed by atoms with Crippen LogP contribution in [-0.4, -0.2) is 14.8 Å². The standard InChI is InChI=1S/C10H10N4S/c1-2-7-4-5-9(6-8(7)3-1)11-10-12-13-14-15-10/h4-6H,1-3H2,(H,11,12,14). The maximum Gasteiger partial charge on any atom is 0.229 e. The molecule has 1 N–H and O–H groups in total. The minimum atomic E-state index is 0.743. The van der Waals surface area contributed by atoms with Gasteiger partial charge in [-0.05, 0) is 47.7 Å². The lowest BCUT2D eigenvalue weighted by Crippen LogP contribution is -1.91. The molecule has 0 saturated carbocycles. The summed E-state index contributed by atoms with van der Waals surface area (Å²) in [5, 5.41) is 11.3. The fourth-order valence-corrected chi connectivity index (χ4v) is 2.34. The predicted octanol–water partition coefficient (Wildman–Crippen LogP) is 2.17. The number of hydrogen-bond acceptors (Lipinski definition) is 5. The Morgan fingerprint density at radius 3 is 3.00 bits per heavy atom. The summed E-state index contributed by atoms with van der Waals surface area (Å²) in [5.74, 6) is 0. The fourth-order valence-electron chi connectivity index (χ4n) is 1.95. The summed E-state index contributed by atoms with van der Waals surface area (Å²) in [6.07, 6.45) is 3.69. The van der Waals surface area contributed by atoms with E-state index in [9.17, 15) is 0 Å². The second-order valence-corrected chi connectivity index (χ2v) is 4.36. The third-order valence-electron chi connectivity index (χ3n) is 2.65. The molecule has 76 valence electrons. The van der Waals surface area contributed by atoms with E-state index >= 15 is 0 Å². The van der Waals surface area contributed by atoms with Crippen molar-refractivity contribution < 1.29 is 0 Å². The first-order chi connectivity index (χ1) is 7.42. The van der Waals surface area contributed by atoms with Gasteiger partial charge in [0.15, 0.2) is 0 Å². The van der Waals surface area contributed by atoms with Crippen LogP contribution in [0.4, 0.5) is 10.8 Å². The average molecular weight is 218 g/mol. The summed E-state index contributed by atoms with van der Waals surface area (Å²) in [6.45, 7) is 0. The predicted molar refractivity (Wildman–Crippen MR) is 59.5 cm³/mol. The van der Waals surface area contributed by atoms with Crippen LogP contribution in [0.5, 0.6) is 0 Å². The summed E-state index contributed by atoms with van der Waals surface area (Å²) >= 11 is 1.27. The Bertz CT molecular complexity index is 466. The minimum absolute atomic E-state index is 0.743. The Morgan fingerprint density at radius 1 is 1.20 bits per heavy atom. The molecular weight excluding hydrogens is 208 g/mol. The van der Waals surface area contributed by atoms with Gasteiger partial charge < -0.3 is 5.32 Å². The molecule has 15 heavy (non-hydrogen) atoms. The zero-order valence-electron chi connectivity index (χ0n) is 8.10. The molecule has 0 atom stereocenters. The molecule has 0 amide bonds. The molecule has 0 fully saturated rings. The highest BCUT2D eigenvalue weighted by Gasteiger charge is 2.11. The maximum absolute atomic E-state index is 3.85.